The molecule has 5 heterocycles. The van der Waals surface area contributed by atoms with Gasteiger partial charge < -0.3 is 13.7 Å². The van der Waals surface area contributed by atoms with E-state index in [4.69, 9.17) is 14.1 Å². The van der Waals surface area contributed by atoms with Crippen LogP contribution in [-0.2, 0) is 0 Å². The van der Waals surface area contributed by atoms with Gasteiger partial charge in [0.1, 0.15) is 28.8 Å². The van der Waals surface area contributed by atoms with E-state index in [1.807, 2.05) is 18.3 Å². The molecule has 15 rings (SSSR count). The molecule has 0 spiro atoms. The van der Waals surface area contributed by atoms with Gasteiger partial charge in [0.05, 0.1) is 34.0 Å². The van der Waals surface area contributed by atoms with Crippen LogP contribution >= 0.6 is 0 Å². The highest BCUT2D eigenvalue weighted by atomic mass is 16.5. The molecule has 66 heavy (non-hydrogen) atoms. The SMILES string of the molecule is C1=C(c2ccc3c(c2)c2cc4ccccc4cc2n3-c2ccc(-n3c4ccc(-c5ccc6oc7ccccc7c6c5)cc4c4cc5ccccc5cc43)cn2)CC2c3ccccc3OC2C1. The number of allylic oxidation sites excluding steroid dienone is 1. The number of pyridine rings is 1. The number of para-hydroxylation sites is 2. The third kappa shape index (κ3) is 5.25. The molecule has 0 saturated carbocycles. The van der Waals surface area contributed by atoms with Gasteiger partial charge >= 0.3 is 0 Å². The zero-order valence-electron chi connectivity index (χ0n) is 35.8. The topological polar surface area (TPSA) is 45.1 Å². The van der Waals surface area contributed by atoms with Gasteiger partial charge in [-0.1, -0.05) is 109 Å². The van der Waals surface area contributed by atoms with E-state index in [2.05, 4.69) is 191 Å². The zero-order valence-corrected chi connectivity index (χ0v) is 35.8. The number of benzene rings is 9. The number of hydrogen-bond donors (Lipinski definition) is 0. The Morgan fingerprint density at radius 3 is 1.80 bits per heavy atom. The van der Waals surface area contributed by atoms with Crippen LogP contribution in [0.4, 0.5) is 0 Å². The molecule has 5 heteroatoms. The number of nitrogens with zero attached hydrogens (tertiary/aromatic N) is 3. The average Bonchev–Trinajstić information content (AvgIpc) is 4.11. The molecular formula is C61H39N3O2. The molecule has 5 nitrogen and oxygen atoms in total. The quantitative estimate of drug-likeness (QED) is 0.177. The number of fused-ring (bicyclic) bond motifs is 14. The second kappa shape index (κ2) is 13.6. The minimum atomic E-state index is 0.210. The Morgan fingerprint density at radius 2 is 1.05 bits per heavy atom. The van der Waals surface area contributed by atoms with Crippen molar-refractivity contribution in [2.45, 2.75) is 24.9 Å². The predicted octanol–water partition coefficient (Wildman–Crippen LogP) is 15.9. The summed E-state index contributed by atoms with van der Waals surface area (Å²) >= 11 is 0. The van der Waals surface area contributed by atoms with Crippen molar-refractivity contribution in [1.82, 2.24) is 14.1 Å². The molecule has 2 atom stereocenters. The van der Waals surface area contributed by atoms with Gasteiger partial charge in [-0.25, -0.2) is 4.98 Å². The Kier molecular flexibility index (Phi) is 7.39. The van der Waals surface area contributed by atoms with Crippen molar-refractivity contribution in [3.63, 3.8) is 0 Å². The Hall–Kier alpha value is -8.41. The fraction of sp³-hybridized carbons (Fsp3) is 0.0656. The molecule has 0 radical (unpaired) electrons. The normalized spacial score (nSPS) is 16.0. The smallest absolute Gasteiger partial charge is 0.137 e. The Bertz CT molecular complexity index is 4220. The van der Waals surface area contributed by atoms with E-state index >= 15 is 0 Å². The summed E-state index contributed by atoms with van der Waals surface area (Å²) in [6, 6.07) is 68.4. The van der Waals surface area contributed by atoms with Crippen LogP contribution < -0.4 is 4.74 Å². The lowest BCUT2D eigenvalue weighted by Gasteiger charge is -2.25. The van der Waals surface area contributed by atoms with Crippen LogP contribution in [0.5, 0.6) is 5.75 Å². The third-order valence-electron chi connectivity index (χ3n) is 14.6. The lowest BCUT2D eigenvalue weighted by molar-refractivity contribution is 0.205. The lowest BCUT2D eigenvalue weighted by atomic mass is 9.81. The second-order valence-corrected chi connectivity index (χ2v) is 18.2. The van der Waals surface area contributed by atoms with E-state index in [-0.39, 0.29) is 6.10 Å². The van der Waals surface area contributed by atoms with Crippen molar-refractivity contribution in [1.29, 1.82) is 0 Å². The van der Waals surface area contributed by atoms with Crippen LogP contribution in [0.1, 0.15) is 29.9 Å². The Labute approximate surface area is 379 Å². The van der Waals surface area contributed by atoms with Crippen molar-refractivity contribution in [3.8, 4) is 28.4 Å². The van der Waals surface area contributed by atoms with E-state index in [9.17, 15) is 0 Å². The molecule has 13 aromatic rings. The van der Waals surface area contributed by atoms with E-state index < -0.39 is 0 Å². The highest BCUT2D eigenvalue weighted by Crippen LogP contribution is 2.48. The van der Waals surface area contributed by atoms with E-state index in [0.29, 0.717) is 5.92 Å². The molecule has 0 saturated heterocycles. The molecule has 1 aliphatic carbocycles. The van der Waals surface area contributed by atoms with Crippen molar-refractivity contribution in [2.75, 3.05) is 0 Å². The number of hydrogen-bond acceptors (Lipinski definition) is 3. The summed E-state index contributed by atoms with van der Waals surface area (Å²) in [6.45, 7) is 0. The monoisotopic (exact) mass is 845 g/mol. The molecule has 0 N–H and O–H groups in total. The molecule has 310 valence electrons. The van der Waals surface area contributed by atoms with E-state index in [0.717, 1.165) is 79.7 Å². The molecule has 2 unspecified atom stereocenters. The minimum Gasteiger partial charge on any atom is -0.489 e. The molecule has 1 aliphatic heterocycles. The molecule has 4 aromatic heterocycles. The van der Waals surface area contributed by atoms with Crippen LogP contribution in [0.3, 0.4) is 0 Å². The van der Waals surface area contributed by atoms with Gasteiger partial charge in [0.15, 0.2) is 0 Å². The Balaban J connectivity index is 0.870. The van der Waals surface area contributed by atoms with Gasteiger partial charge in [0, 0.05) is 50.2 Å². The van der Waals surface area contributed by atoms with Crippen LogP contribution in [0, 0.1) is 0 Å². The molecular weight excluding hydrogens is 807 g/mol. The van der Waals surface area contributed by atoms with Gasteiger partial charge in [-0.2, -0.15) is 0 Å². The van der Waals surface area contributed by atoms with Gasteiger partial charge in [-0.15, -0.1) is 0 Å². The fourth-order valence-electron chi connectivity index (χ4n) is 11.5. The maximum absolute atomic E-state index is 6.39. The minimum absolute atomic E-state index is 0.210. The molecule has 0 bridgehead atoms. The first-order valence-corrected chi connectivity index (χ1v) is 22.9. The van der Waals surface area contributed by atoms with Crippen molar-refractivity contribution in [3.05, 3.63) is 211 Å². The molecule has 0 amide bonds. The summed E-state index contributed by atoms with van der Waals surface area (Å²) in [5, 5.41) is 12.0. The van der Waals surface area contributed by atoms with Crippen LogP contribution in [-0.4, -0.2) is 20.2 Å². The standard InChI is InChI=1S/C61H39N3O2/c1-3-11-38-33-55-49(27-36(38)9-1)47-29-40(42-19-24-59-51(31-42)45-13-5-7-15-57(45)65-59)17-22-53(47)63(55)44-21-26-61(62-35-44)64-54-23-18-41(30-48(54)50-28-37-10-2-4-12-39(37)34-56(50)64)43-20-25-60-52(32-43)46-14-6-8-16-58(46)66-60/h1-24,26-31,33-35,52,60H,25,32H2. The Morgan fingerprint density at radius 1 is 0.455 bits per heavy atom. The van der Waals surface area contributed by atoms with Crippen molar-refractivity contribution in [2.24, 2.45) is 0 Å². The molecule has 9 aromatic carbocycles. The summed E-state index contributed by atoms with van der Waals surface area (Å²) in [5.74, 6) is 2.30. The first kappa shape index (κ1) is 36.0. The summed E-state index contributed by atoms with van der Waals surface area (Å²) in [6.07, 6.45) is 6.55. The van der Waals surface area contributed by atoms with E-state index in [1.54, 1.807) is 0 Å². The summed E-state index contributed by atoms with van der Waals surface area (Å²) in [4.78, 5) is 5.33. The highest BCUT2D eigenvalue weighted by Gasteiger charge is 2.36. The summed E-state index contributed by atoms with van der Waals surface area (Å²) < 4.78 is 17.3. The largest absolute Gasteiger partial charge is 0.489 e. The van der Waals surface area contributed by atoms with Crippen LogP contribution in [0.15, 0.2) is 205 Å². The van der Waals surface area contributed by atoms with Gasteiger partial charge in [-0.05, 0) is 135 Å². The van der Waals surface area contributed by atoms with Crippen LogP contribution in [0.25, 0.3) is 115 Å². The molecule has 0 fully saturated rings. The van der Waals surface area contributed by atoms with Crippen molar-refractivity contribution < 1.29 is 9.15 Å². The highest BCUT2D eigenvalue weighted by molar-refractivity contribution is 6.16. The number of rotatable bonds is 4. The average molecular weight is 846 g/mol. The van der Waals surface area contributed by atoms with Gasteiger partial charge in [0.25, 0.3) is 0 Å². The number of furan rings is 1. The first-order chi connectivity index (χ1) is 32.7. The molecule has 2 aliphatic rings. The fourth-order valence-corrected chi connectivity index (χ4v) is 11.5. The second-order valence-electron chi connectivity index (χ2n) is 18.2. The predicted molar refractivity (Wildman–Crippen MR) is 271 cm³/mol. The van der Waals surface area contributed by atoms with Crippen molar-refractivity contribution >= 4 is 92.7 Å². The zero-order chi connectivity index (χ0) is 43.0. The lowest BCUT2D eigenvalue weighted by Crippen LogP contribution is -2.21. The maximum Gasteiger partial charge on any atom is 0.137 e. The van der Waals surface area contributed by atoms with Crippen LogP contribution in [0.2, 0.25) is 0 Å². The summed E-state index contributed by atoms with van der Waals surface area (Å²) in [7, 11) is 0. The first-order valence-electron chi connectivity index (χ1n) is 22.9. The van der Waals surface area contributed by atoms with Gasteiger partial charge in [0.2, 0.25) is 0 Å². The third-order valence-corrected chi connectivity index (χ3v) is 14.6. The maximum atomic E-state index is 6.39. The summed E-state index contributed by atoms with van der Waals surface area (Å²) in [5.41, 5.74) is 13.7. The number of aromatic nitrogens is 3. The number of ether oxygens (including phenoxy) is 1. The van der Waals surface area contributed by atoms with E-state index in [1.165, 1.54) is 65.4 Å². The van der Waals surface area contributed by atoms with Gasteiger partial charge in [-0.3, -0.25) is 4.57 Å².